The molecule has 0 saturated carbocycles. The highest BCUT2D eigenvalue weighted by atomic mass is 32.1. The molecule has 0 rings (SSSR count). The zero-order valence-corrected chi connectivity index (χ0v) is 11.6. The quantitative estimate of drug-likeness (QED) is 0.699. The Morgan fingerprint density at radius 2 is 1.94 bits per heavy atom. The summed E-state index contributed by atoms with van der Waals surface area (Å²) >= 11 is 4.85. The zero-order valence-electron chi connectivity index (χ0n) is 10.8. The van der Waals surface area contributed by atoms with Crippen molar-refractivity contribution in [2.24, 2.45) is 11.7 Å². The fourth-order valence-corrected chi connectivity index (χ4v) is 1.60. The maximum absolute atomic E-state index is 12.0. The van der Waals surface area contributed by atoms with Crippen molar-refractivity contribution in [1.82, 2.24) is 4.90 Å². The average molecular weight is 244 g/mol. The van der Waals surface area contributed by atoms with Crippen molar-refractivity contribution in [3.8, 4) is 0 Å². The molecule has 0 aliphatic rings. The highest BCUT2D eigenvalue weighted by Crippen LogP contribution is 2.10. The number of carbonyl (C=O) groups excluding carboxylic acids is 1. The summed E-state index contributed by atoms with van der Waals surface area (Å²) in [6.45, 7) is 8.91. The van der Waals surface area contributed by atoms with Crippen LogP contribution in [0.2, 0.25) is 0 Å². The van der Waals surface area contributed by atoms with Crippen LogP contribution in [0.1, 0.15) is 47.0 Å². The molecule has 94 valence electrons. The van der Waals surface area contributed by atoms with E-state index in [2.05, 4.69) is 27.7 Å². The van der Waals surface area contributed by atoms with Crippen LogP contribution in [0.25, 0.3) is 0 Å². The van der Waals surface area contributed by atoms with E-state index in [1.54, 1.807) is 0 Å². The van der Waals surface area contributed by atoms with E-state index in [1.807, 2.05) is 4.90 Å². The number of carbonyl (C=O) groups is 1. The van der Waals surface area contributed by atoms with Crippen LogP contribution in [0.4, 0.5) is 0 Å². The topological polar surface area (TPSA) is 46.3 Å². The molecule has 2 N–H and O–H groups in total. The molecule has 4 heteroatoms. The SMILES string of the molecule is CCC(C)N(CCC(N)=S)C(=O)CC(C)C. The second kappa shape index (κ2) is 7.60. The fourth-order valence-electron chi connectivity index (χ4n) is 1.51. The maximum atomic E-state index is 12.0. The molecule has 0 spiro atoms. The van der Waals surface area contributed by atoms with Crippen molar-refractivity contribution in [2.45, 2.75) is 53.0 Å². The number of nitrogens with zero attached hydrogens (tertiary/aromatic N) is 1. The summed E-state index contributed by atoms with van der Waals surface area (Å²) in [6, 6.07) is 0.264. The molecule has 0 saturated heterocycles. The normalized spacial score (nSPS) is 12.6. The minimum absolute atomic E-state index is 0.209. The molecular weight excluding hydrogens is 220 g/mol. The standard InChI is InChI=1S/C12H24N2OS/c1-5-10(4)14(7-6-11(13)16)12(15)8-9(2)3/h9-10H,5-8H2,1-4H3,(H2,13,16). The summed E-state index contributed by atoms with van der Waals surface area (Å²) in [6.07, 6.45) is 2.17. The molecule has 3 nitrogen and oxygen atoms in total. The summed E-state index contributed by atoms with van der Waals surface area (Å²) in [7, 11) is 0. The van der Waals surface area contributed by atoms with Gasteiger partial charge in [0.15, 0.2) is 0 Å². The van der Waals surface area contributed by atoms with Crippen LogP contribution >= 0.6 is 12.2 Å². The van der Waals surface area contributed by atoms with Gasteiger partial charge in [-0.1, -0.05) is 33.0 Å². The average Bonchev–Trinajstić information content (AvgIpc) is 2.15. The van der Waals surface area contributed by atoms with Gasteiger partial charge in [-0.15, -0.1) is 0 Å². The minimum atomic E-state index is 0.209. The van der Waals surface area contributed by atoms with Gasteiger partial charge in [0.25, 0.3) is 0 Å². The molecule has 0 radical (unpaired) electrons. The van der Waals surface area contributed by atoms with E-state index in [-0.39, 0.29) is 11.9 Å². The van der Waals surface area contributed by atoms with Crippen LogP contribution in [0.3, 0.4) is 0 Å². The Morgan fingerprint density at radius 3 is 2.31 bits per heavy atom. The molecule has 0 aromatic heterocycles. The molecule has 0 heterocycles. The van der Waals surface area contributed by atoms with E-state index >= 15 is 0 Å². The van der Waals surface area contributed by atoms with Gasteiger partial charge in [0.05, 0.1) is 4.99 Å². The highest BCUT2D eigenvalue weighted by molar-refractivity contribution is 7.80. The van der Waals surface area contributed by atoms with Gasteiger partial charge < -0.3 is 10.6 Å². The first-order chi connectivity index (χ1) is 7.38. The van der Waals surface area contributed by atoms with Gasteiger partial charge in [-0.2, -0.15) is 0 Å². The third-order valence-corrected chi connectivity index (χ3v) is 2.83. The minimum Gasteiger partial charge on any atom is -0.393 e. The predicted molar refractivity (Wildman–Crippen MR) is 72.3 cm³/mol. The Bertz CT molecular complexity index is 241. The third-order valence-electron chi connectivity index (χ3n) is 2.63. The molecule has 0 aromatic rings. The van der Waals surface area contributed by atoms with E-state index in [1.165, 1.54) is 0 Å². The van der Waals surface area contributed by atoms with Gasteiger partial charge in [-0.25, -0.2) is 0 Å². The molecule has 0 fully saturated rings. The molecule has 1 amide bonds. The van der Waals surface area contributed by atoms with Crippen molar-refractivity contribution >= 4 is 23.1 Å². The summed E-state index contributed by atoms with van der Waals surface area (Å²) in [4.78, 5) is 14.4. The van der Waals surface area contributed by atoms with E-state index < -0.39 is 0 Å². The Balaban J connectivity index is 4.40. The molecule has 0 bridgehead atoms. The molecule has 1 unspecified atom stereocenters. The van der Waals surface area contributed by atoms with Gasteiger partial charge in [-0.05, 0) is 19.3 Å². The lowest BCUT2D eigenvalue weighted by Crippen LogP contribution is -2.40. The Morgan fingerprint density at radius 1 is 1.38 bits per heavy atom. The van der Waals surface area contributed by atoms with Crippen LogP contribution in [-0.4, -0.2) is 28.4 Å². The van der Waals surface area contributed by atoms with E-state index in [0.29, 0.717) is 30.3 Å². The van der Waals surface area contributed by atoms with Gasteiger partial charge in [0, 0.05) is 25.4 Å². The van der Waals surface area contributed by atoms with Crippen LogP contribution in [-0.2, 0) is 4.79 Å². The fraction of sp³-hybridized carbons (Fsp3) is 0.833. The number of nitrogens with two attached hydrogens (primary N) is 1. The lowest BCUT2D eigenvalue weighted by molar-refractivity contribution is -0.133. The molecule has 0 aliphatic heterocycles. The molecule has 1 atom stereocenters. The number of amides is 1. The maximum Gasteiger partial charge on any atom is 0.223 e. The van der Waals surface area contributed by atoms with Crippen molar-refractivity contribution in [3.63, 3.8) is 0 Å². The van der Waals surface area contributed by atoms with Gasteiger partial charge in [0.2, 0.25) is 5.91 Å². The summed E-state index contributed by atoms with van der Waals surface area (Å²) in [5.41, 5.74) is 5.48. The lowest BCUT2D eigenvalue weighted by Gasteiger charge is -2.29. The Hall–Kier alpha value is -0.640. The lowest BCUT2D eigenvalue weighted by atomic mass is 10.1. The first-order valence-corrected chi connectivity index (χ1v) is 6.37. The second-order valence-corrected chi connectivity index (χ2v) is 5.18. The summed E-state index contributed by atoms with van der Waals surface area (Å²) < 4.78 is 0. The zero-order chi connectivity index (χ0) is 12.7. The van der Waals surface area contributed by atoms with Crippen LogP contribution in [0.5, 0.6) is 0 Å². The summed E-state index contributed by atoms with van der Waals surface area (Å²) in [5, 5.41) is 0. The van der Waals surface area contributed by atoms with E-state index in [9.17, 15) is 4.79 Å². The van der Waals surface area contributed by atoms with Crippen molar-refractivity contribution in [2.75, 3.05) is 6.54 Å². The van der Waals surface area contributed by atoms with Gasteiger partial charge in [0.1, 0.15) is 0 Å². The monoisotopic (exact) mass is 244 g/mol. The number of hydrogen-bond donors (Lipinski definition) is 1. The second-order valence-electron chi connectivity index (χ2n) is 4.66. The Kier molecular flexibility index (Phi) is 7.30. The molecule has 16 heavy (non-hydrogen) atoms. The predicted octanol–water partition coefficient (Wildman–Crippen LogP) is 2.34. The first-order valence-electron chi connectivity index (χ1n) is 5.96. The third kappa shape index (κ3) is 6.05. The van der Waals surface area contributed by atoms with Gasteiger partial charge in [-0.3, -0.25) is 4.79 Å². The highest BCUT2D eigenvalue weighted by Gasteiger charge is 2.19. The number of rotatable bonds is 7. The largest absolute Gasteiger partial charge is 0.393 e. The van der Waals surface area contributed by atoms with Gasteiger partial charge >= 0.3 is 0 Å². The number of hydrogen-bond acceptors (Lipinski definition) is 2. The van der Waals surface area contributed by atoms with Crippen LogP contribution in [0.15, 0.2) is 0 Å². The molecule has 0 aliphatic carbocycles. The smallest absolute Gasteiger partial charge is 0.223 e. The van der Waals surface area contributed by atoms with Crippen LogP contribution in [0, 0.1) is 5.92 Å². The molecule has 0 aromatic carbocycles. The Labute approximate surface area is 104 Å². The number of thiocarbonyl (C=S) groups is 1. The first kappa shape index (κ1) is 15.4. The van der Waals surface area contributed by atoms with Crippen molar-refractivity contribution in [1.29, 1.82) is 0 Å². The van der Waals surface area contributed by atoms with Crippen LogP contribution < -0.4 is 5.73 Å². The van der Waals surface area contributed by atoms with E-state index in [4.69, 9.17) is 18.0 Å². The van der Waals surface area contributed by atoms with E-state index in [0.717, 1.165) is 6.42 Å². The van der Waals surface area contributed by atoms with Crippen molar-refractivity contribution < 1.29 is 4.79 Å². The van der Waals surface area contributed by atoms with Crippen molar-refractivity contribution in [3.05, 3.63) is 0 Å². The molecular formula is C12H24N2OS. The summed E-state index contributed by atoms with van der Waals surface area (Å²) in [5.74, 6) is 0.601.